The largest absolute Gasteiger partial charge is 0.491 e. The molecule has 152 valence electrons. The maximum Gasteiger partial charge on any atom is 0.321 e. The molecular weight excluding hydrogens is 382 g/mol. The van der Waals surface area contributed by atoms with E-state index in [0.717, 1.165) is 15.8 Å². The lowest BCUT2D eigenvalue weighted by Gasteiger charge is -2.19. The van der Waals surface area contributed by atoms with Crippen LogP contribution in [0.25, 0.3) is 0 Å². The Kier molecular flexibility index (Phi) is 7.38. The molecule has 0 radical (unpaired) electrons. The van der Waals surface area contributed by atoms with E-state index in [-0.39, 0.29) is 10.9 Å². The predicted octanol–water partition coefficient (Wildman–Crippen LogP) is 2.72. The first-order valence-electron chi connectivity index (χ1n) is 8.59. The Balaban J connectivity index is 1.89. The number of hydroxylamine groups is 1. The summed E-state index contributed by atoms with van der Waals surface area (Å²) in [5, 5.41) is 2.72. The number of hydrogen-bond donors (Lipinski definition) is 1. The van der Waals surface area contributed by atoms with Crippen molar-refractivity contribution in [1.82, 2.24) is 9.37 Å². The number of carbonyl (C=O) groups excluding carboxylic acids is 1. The number of anilines is 1. The molecule has 0 atom stereocenters. The zero-order chi connectivity index (χ0) is 20.7. The molecule has 0 spiro atoms. The van der Waals surface area contributed by atoms with Gasteiger partial charge in [-0.3, -0.25) is 4.84 Å². The minimum atomic E-state index is -3.72. The molecule has 0 fully saturated rings. The Morgan fingerprint density at radius 3 is 2.32 bits per heavy atom. The van der Waals surface area contributed by atoms with Gasteiger partial charge in [0.2, 0.25) is 0 Å². The fourth-order valence-corrected chi connectivity index (χ4v) is 3.26. The SMILES string of the molecule is CON(C)S(=O)(=O)c1ccc(NC(=O)N(C)CCOc2ccccc2C)cc1. The first-order chi connectivity index (χ1) is 13.3. The van der Waals surface area contributed by atoms with Gasteiger partial charge in [-0.25, -0.2) is 13.2 Å². The third kappa shape index (κ3) is 5.44. The summed E-state index contributed by atoms with van der Waals surface area (Å²) < 4.78 is 30.8. The minimum Gasteiger partial charge on any atom is -0.491 e. The summed E-state index contributed by atoms with van der Waals surface area (Å²) in [5.41, 5.74) is 1.51. The van der Waals surface area contributed by atoms with Gasteiger partial charge in [0, 0.05) is 19.8 Å². The van der Waals surface area contributed by atoms with Gasteiger partial charge in [0.1, 0.15) is 12.4 Å². The predicted molar refractivity (Wildman–Crippen MR) is 107 cm³/mol. The Morgan fingerprint density at radius 2 is 1.71 bits per heavy atom. The van der Waals surface area contributed by atoms with E-state index >= 15 is 0 Å². The Bertz CT molecular complexity index is 900. The Hall–Kier alpha value is -2.62. The zero-order valence-electron chi connectivity index (χ0n) is 16.4. The van der Waals surface area contributed by atoms with E-state index in [4.69, 9.17) is 9.57 Å². The normalized spacial score (nSPS) is 11.3. The molecule has 0 aliphatic carbocycles. The van der Waals surface area contributed by atoms with Crippen molar-refractivity contribution in [3.8, 4) is 5.75 Å². The van der Waals surface area contributed by atoms with Crippen LogP contribution >= 0.6 is 0 Å². The van der Waals surface area contributed by atoms with Crippen molar-refractivity contribution in [3.05, 3.63) is 54.1 Å². The Labute approximate surface area is 165 Å². The lowest BCUT2D eigenvalue weighted by molar-refractivity contribution is -0.0258. The number of sulfonamides is 1. The van der Waals surface area contributed by atoms with Crippen molar-refractivity contribution in [3.63, 3.8) is 0 Å². The molecule has 2 aromatic carbocycles. The average molecular weight is 407 g/mol. The van der Waals surface area contributed by atoms with Crippen LogP contribution in [0.15, 0.2) is 53.4 Å². The number of nitrogens with zero attached hydrogens (tertiary/aromatic N) is 2. The van der Waals surface area contributed by atoms with Gasteiger partial charge in [0.25, 0.3) is 10.0 Å². The second kappa shape index (κ2) is 9.54. The molecule has 0 heterocycles. The van der Waals surface area contributed by atoms with Gasteiger partial charge < -0.3 is 15.0 Å². The van der Waals surface area contributed by atoms with E-state index in [2.05, 4.69) is 5.32 Å². The van der Waals surface area contributed by atoms with Gasteiger partial charge >= 0.3 is 6.03 Å². The smallest absolute Gasteiger partial charge is 0.321 e. The van der Waals surface area contributed by atoms with Crippen LogP contribution in [0, 0.1) is 6.92 Å². The molecule has 0 aliphatic heterocycles. The molecule has 2 rings (SSSR count). The van der Waals surface area contributed by atoms with Crippen molar-refractivity contribution in [2.24, 2.45) is 0 Å². The average Bonchev–Trinajstić information content (AvgIpc) is 2.69. The van der Waals surface area contributed by atoms with Gasteiger partial charge in [-0.15, -0.1) is 0 Å². The zero-order valence-corrected chi connectivity index (χ0v) is 17.2. The van der Waals surface area contributed by atoms with Crippen molar-refractivity contribution in [2.45, 2.75) is 11.8 Å². The quantitative estimate of drug-likeness (QED) is 0.680. The lowest BCUT2D eigenvalue weighted by atomic mass is 10.2. The fourth-order valence-electron chi connectivity index (χ4n) is 2.29. The standard InChI is InChI=1S/C19H25N3O5S/c1-15-7-5-6-8-18(15)27-14-13-21(2)19(23)20-16-9-11-17(12-10-16)28(24,25)22(3)26-4/h5-12H,13-14H2,1-4H3,(H,20,23). The molecule has 9 heteroatoms. The van der Waals surface area contributed by atoms with Gasteiger partial charge in [-0.1, -0.05) is 22.7 Å². The molecular formula is C19H25N3O5S. The van der Waals surface area contributed by atoms with Crippen molar-refractivity contribution in [2.75, 3.05) is 39.7 Å². The van der Waals surface area contributed by atoms with E-state index < -0.39 is 10.0 Å². The Morgan fingerprint density at radius 1 is 1.07 bits per heavy atom. The van der Waals surface area contributed by atoms with Crippen LogP contribution < -0.4 is 10.1 Å². The maximum absolute atomic E-state index is 12.3. The summed E-state index contributed by atoms with van der Waals surface area (Å²) in [7, 11) is 0.508. The van der Waals surface area contributed by atoms with Crippen LogP contribution in [0.1, 0.15) is 5.56 Å². The van der Waals surface area contributed by atoms with E-state index in [1.165, 1.54) is 43.3 Å². The van der Waals surface area contributed by atoms with E-state index in [0.29, 0.717) is 18.8 Å². The van der Waals surface area contributed by atoms with Gasteiger partial charge in [0.15, 0.2) is 0 Å². The van der Waals surface area contributed by atoms with E-state index in [9.17, 15) is 13.2 Å². The number of hydrogen-bond acceptors (Lipinski definition) is 5. The summed E-state index contributed by atoms with van der Waals surface area (Å²) in [6.07, 6.45) is 0. The molecule has 0 aliphatic rings. The monoisotopic (exact) mass is 407 g/mol. The van der Waals surface area contributed by atoms with Crippen LogP contribution in [0.2, 0.25) is 0 Å². The van der Waals surface area contributed by atoms with Crippen LogP contribution in [-0.4, -0.2) is 58.2 Å². The molecule has 2 amide bonds. The molecule has 1 N–H and O–H groups in total. The number of nitrogens with one attached hydrogen (secondary N) is 1. The number of rotatable bonds is 8. The number of amides is 2. The van der Waals surface area contributed by atoms with Crippen LogP contribution in [0.5, 0.6) is 5.75 Å². The molecule has 8 nitrogen and oxygen atoms in total. The molecule has 0 saturated carbocycles. The molecule has 0 aromatic heterocycles. The molecule has 0 unspecified atom stereocenters. The third-order valence-corrected chi connectivity index (χ3v) is 5.82. The van der Waals surface area contributed by atoms with E-state index in [1.807, 2.05) is 31.2 Å². The van der Waals surface area contributed by atoms with Gasteiger partial charge in [-0.2, -0.15) is 0 Å². The lowest BCUT2D eigenvalue weighted by Crippen LogP contribution is -2.34. The highest BCUT2D eigenvalue weighted by Gasteiger charge is 2.20. The topological polar surface area (TPSA) is 88.2 Å². The summed E-state index contributed by atoms with van der Waals surface area (Å²) >= 11 is 0. The van der Waals surface area contributed by atoms with Crippen LogP contribution in [0.3, 0.4) is 0 Å². The summed E-state index contributed by atoms with van der Waals surface area (Å²) in [4.78, 5) is 18.6. The molecule has 2 aromatic rings. The third-order valence-electron chi connectivity index (χ3n) is 4.12. The van der Waals surface area contributed by atoms with Gasteiger partial charge in [0.05, 0.1) is 18.6 Å². The second-order valence-corrected chi connectivity index (χ2v) is 8.02. The van der Waals surface area contributed by atoms with Gasteiger partial charge in [-0.05, 0) is 42.8 Å². The number of likely N-dealkylation sites (N-methyl/N-ethyl adjacent to an activating group) is 1. The number of benzene rings is 2. The van der Waals surface area contributed by atoms with Crippen molar-refractivity contribution >= 4 is 21.7 Å². The summed E-state index contributed by atoms with van der Waals surface area (Å²) in [6.45, 7) is 2.71. The number of aryl methyl sites for hydroxylation is 1. The number of para-hydroxylation sites is 1. The molecule has 0 saturated heterocycles. The van der Waals surface area contributed by atoms with Crippen LogP contribution in [0.4, 0.5) is 10.5 Å². The number of ether oxygens (including phenoxy) is 1. The highest BCUT2D eigenvalue weighted by Crippen LogP contribution is 2.18. The first kappa shape index (κ1) is 21.7. The number of urea groups is 1. The second-order valence-electron chi connectivity index (χ2n) is 6.09. The van der Waals surface area contributed by atoms with Crippen LogP contribution in [-0.2, 0) is 14.9 Å². The maximum atomic E-state index is 12.3. The molecule has 28 heavy (non-hydrogen) atoms. The van der Waals surface area contributed by atoms with E-state index in [1.54, 1.807) is 7.05 Å². The summed E-state index contributed by atoms with van der Waals surface area (Å²) in [6, 6.07) is 13.2. The fraction of sp³-hybridized carbons (Fsp3) is 0.316. The van der Waals surface area contributed by atoms with Crippen molar-refractivity contribution < 1.29 is 22.8 Å². The molecule has 0 bridgehead atoms. The summed E-state index contributed by atoms with van der Waals surface area (Å²) in [5.74, 6) is 0.786. The number of carbonyl (C=O) groups is 1. The highest BCUT2D eigenvalue weighted by molar-refractivity contribution is 7.89. The van der Waals surface area contributed by atoms with Crippen molar-refractivity contribution in [1.29, 1.82) is 0 Å². The minimum absolute atomic E-state index is 0.0647. The highest BCUT2D eigenvalue weighted by atomic mass is 32.2. The first-order valence-corrected chi connectivity index (χ1v) is 10.0.